The summed E-state index contributed by atoms with van der Waals surface area (Å²) in [7, 11) is 0. The second-order valence-electron chi connectivity index (χ2n) is 4.56. The second kappa shape index (κ2) is 8.53. The van der Waals surface area contributed by atoms with E-state index in [1.165, 1.54) is 11.3 Å². The molecule has 0 aliphatic heterocycles. The van der Waals surface area contributed by atoms with Crippen LogP contribution in [-0.2, 0) is 16.0 Å². The van der Waals surface area contributed by atoms with Gasteiger partial charge in [0.15, 0.2) is 0 Å². The summed E-state index contributed by atoms with van der Waals surface area (Å²) < 4.78 is 5.63. The fraction of sp³-hybridized carbons (Fsp3) is 0.267. The van der Waals surface area contributed by atoms with E-state index in [0.717, 1.165) is 28.0 Å². The van der Waals surface area contributed by atoms with Crippen molar-refractivity contribution in [2.24, 2.45) is 0 Å². The maximum absolute atomic E-state index is 12.2. The summed E-state index contributed by atoms with van der Waals surface area (Å²) in [6.45, 7) is 3.72. The maximum Gasteiger partial charge on any atom is 0.348 e. The van der Waals surface area contributed by atoms with Gasteiger partial charge in [-0.05, 0) is 43.3 Å². The zero-order chi connectivity index (χ0) is 17.7. The number of ether oxygens (including phenoxy) is 1. The van der Waals surface area contributed by atoms with Crippen LogP contribution in [0, 0.1) is 17.6 Å². The third kappa shape index (κ3) is 4.51. The van der Waals surface area contributed by atoms with E-state index in [0.29, 0.717) is 24.7 Å². The summed E-state index contributed by atoms with van der Waals surface area (Å²) in [5.74, 6) is -0.685. The van der Waals surface area contributed by atoms with Gasteiger partial charge in [0.1, 0.15) is 15.3 Å². The van der Waals surface area contributed by atoms with E-state index >= 15 is 0 Å². The SMILES string of the molecule is CCOC(=O)c1sc(NC(=O)Cc2ccc(Cl)s2)c(SC#N)c1C. The van der Waals surface area contributed by atoms with E-state index in [1.807, 2.05) is 5.40 Å². The number of nitrogens with one attached hydrogen (secondary N) is 1. The van der Waals surface area contributed by atoms with E-state index in [4.69, 9.17) is 21.6 Å². The highest BCUT2D eigenvalue weighted by Crippen LogP contribution is 2.40. The summed E-state index contributed by atoms with van der Waals surface area (Å²) in [5.41, 5.74) is 0.638. The Kier molecular flexibility index (Phi) is 6.69. The Morgan fingerprint density at radius 3 is 2.75 bits per heavy atom. The summed E-state index contributed by atoms with van der Waals surface area (Å²) >= 11 is 9.22. The molecule has 2 rings (SSSR count). The first-order chi connectivity index (χ1) is 11.5. The van der Waals surface area contributed by atoms with Gasteiger partial charge in [-0.25, -0.2) is 4.79 Å². The van der Waals surface area contributed by atoms with Crippen LogP contribution in [0.15, 0.2) is 17.0 Å². The normalized spacial score (nSPS) is 10.2. The lowest BCUT2D eigenvalue weighted by molar-refractivity contribution is -0.115. The Balaban J connectivity index is 2.21. The standard InChI is InChI=1S/C15H13ClN2O3S3/c1-3-21-15(20)13-8(2)12(22-7-17)14(24-13)18-11(19)6-9-4-5-10(16)23-9/h4-5H,3,6H2,1-2H3,(H,18,19). The monoisotopic (exact) mass is 400 g/mol. The molecule has 0 unspecified atom stereocenters. The van der Waals surface area contributed by atoms with Gasteiger partial charge in [-0.2, -0.15) is 5.26 Å². The van der Waals surface area contributed by atoms with Gasteiger partial charge >= 0.3 is 5.97 Å². The molecule has 2 aromatic rings. The average molecular weight is 401 g/mol. The van der Waals surface area contributed by atoms with Crippen molar-refractivity contribution in [2.75, 3.05) is 11.9 Å². The molecule has 9 heteroatoms. The third-order valence-corrected chi connectivity index (χ3v) is 6.27. The fourth-order valence-corrected chi connectivity index (χ4v) is 4.82. The van der Waals surface area contributed by atoms with Crippen molar-refractivity contribution in [3.63, 3.8) is 0 Å². The Hall–Kier alpha value is -1.53. The number of thiophene rings is 2. The number of thiocyanates is 1. The molecule has 24 heavy (non-hydrogen) atoms. The van der Waals surface area contributed by atoms with Gasteiger partial charge < -0.3 is 10.1 Å². The lowest BCUT2D eigenvalue weighted by Crippen LogP contribution is -2.13. The second-order valence-corrected chi connectivity index (χ2v) is 8.17. The van der Waals surface area contributed by atoms with Crippen molar-refractivity contribution in [3.8, 4) is 5.40 Å². The molecule has 2 aromatic heterocycles. The summed E-state index contributed by atoms with van der Waals surface area (Å²) in [6.07, 6.45) is 0.180. The van der Waals surface area contributed by atoms with Crippen LogP contribution in [0.25, 0.3) is 0 Å². The van der Waals surface area contributed by atoms with E-state index in [-0.39, 0.29) is 18.9 Å². The van der Waals surface area contributed by atoms with Crippen LogP contribution in [0.1, 0.15) is 27.0 Å². The summed E-state index contributed by atoms with van der Waals surface area (Å²) in [6, 6.07) is 3.53. The molecular formula is C15H13ClN2O3S3. The third-order valence-electron chi connectivity index (χ3n) is 2.92. The van der Waals surface area contributed by atoms with Crippen LogP contribution in [0.3, 0.4) is 0 Å². The average Bonchev–Trinajstić information content (AvgIpc) is 3.05. The van der Waals surface area contributed by atoms with Gasteiger partial charge in [0.25, 0.3) is 0 Å². The van der Waals surface area contributed by atoms with Gasteiger partial charge in [0, 0.05) is 4.88 Å². The molecule has 0 fully saturated rings. The van der Waals surface area contributed by atoms with Crippen LogP contribution < -0.4 is 5.32 Å². The van der Waals surface area contributed by atoms with E-state index < -0.39 is 5.97 Å². The number of thioether (sulfide) groups is 1. The van der Waals surface area contributed by atoms with Crippen LogP contribution >= 0.6 is 46.0 Å². The first-order valence-electron chi connectivity index (χ1n) is 6.86. The molecule has 0 aromatic carbocycles. The zero-order valence-corrected chi connectivity index (χ0v) is 16.0. The van der Waals surface area contributed by atoms with Gasteiger partial charge in [0.2, 0.25) is 5.91 Å². The minimum atomic E-state index is -0.453. The Bertz CT molecular complexity index is 807. The molecule has 126 valence electrons. The maximum atomic E-state index is 12.2. The molecule has 0 aliphatic rings. The lowest BCUT2D eigenvalue weighted by Gasteiger charge is -2.03. The molecule has 0 bridgehead atoms. The molecule has 0 atom stereocenters. The number of halogens is 1. The van der Waals surface area contributed by atoms with Gasteiger partial charge in [-0.1, -0.05) is 11.6 Å². The first-order valence-corrected chi connectivity index (χ1v) is 9.69. The number of nitriles is 1. The van der Waals surface area contributed by atoms with Crippen LogP contribution in [-0.4, -0.2) is 18.5 Å². The van der Waals surface area contributed by atoms with Crippen molar-refractivity contribution in [1.82, 2.24) is 0 Å². The largest absolute Gasteiger partial charge is 0.462 e. The van der Waals surface area contributed by atoms with Crippen molar-refractivity contribution in [1.29, 1.82) is 5.26 Å². The highest BCUT2D eigenvalue weighted by atomic mass is 35.5. The lowest BCUT2D eigenvalue weighted by atomic mass is 10.3. The van der Waals surface area contributed by atoms with E-state index in [2.05, 4.69) is 5.32 Å². The van der Waals surface area contributed by atoms with Crippen LogP contribution in [0.4, 0.5) is 5.00 Å². The zero-order valence-electron chi connectivity index (χ0n) is 12.8. The minimum absolute atomic E-state index is 0.180. The number of amides is 1. The molecule has 0 spiro atoms. The molecule has 1 N–H and O–H groups in total. The Morgan fingerprint density at radius 1 is 1.42 bits per heavy atom. The molecule has 5 nitrogen and oxygen atoms in total. The summed E-state index contributed by atoms with van der Waals surface area (Å²) in [5, 5.41) is 14.2. The summed E-state index contributed by atoms with van der Waals surface area (Å²) in [4.78, 5) is 26.0. The predicted molar refractivity (Wildman–Crippen MR) is 98.1 cm³/mol. The topological polar surface area (TPSA) is 79.2 Å². The number of carbonyl (C=O) groups is 2. The Labute approximate surface area is 156 Å². The van der Waals surface area contributed by atoms with Crippen LogP contribution in [0.5, 0.6) is 0 Å². The van der Waals surface area contributed by atoms with Crippen molar-refractivity contribution < 1.29 is 14.3 Å². The molecular weight excluding hydrogens is 388 g/mol. The molecule has 0 saturated heterocycles. The van der Waals surface area contributed by atoms with Crippen molar-refractivity contribution >= 4 is 62.9 Å². The van der Waals surface area contributed by atoms with Gasteiger partial charge in [-0.3, -0.25) is 4.79 Å². The first kappa shape index (κ1) is 18.8. The van der Waals surface area contributed by atoms with Crippen molar-refractivity contribution in [2.45, 2.75) is 25.2 Å². The minimum Gasteiger partial charge on any atom is -0.462 e. The van der Waals surface area contributed by atoms with E-state index in [1.54, 1.807) is 26.0 Å². The number of esters is 1. The van der Waals surface area contributed by atoms with Gasteiger partial charge in [0.05, 0.1) is 22.3 Å². The number of hydrogen-bond donors (Lipinski definition) is 1. The molecule has 0 aliphatic carbocycles. The quantitative estimate of drug-likeness (QED) is 0.431. The highest BCUT2D eigenvalue weighted by molar-refractivity contribution is 8.04. The predicted octanol–water partition coefficient (Wildman–Crippen LogP) is 4.70. The smallest absolute Gasteiger partial charge is 0.348 e. The number of hydrogen-bond acceptors (Lipinski definition) is 7. The molecule has 1 amide bonds. The molecule has 2 heterocycles. The number of carbonyl (C=O) groups excluding carboxylic acids is 2. The van der Waals surface area contributed by atoms with E-state index in [9.17, 15) is 9.59 Å². The van der Waals surface area contributed by atoms with Crippen molar-refractivity contribution in [3.05, 3.63) is 31.8 Å². The van der Waals surface area contributed by atoms with Crippen LogP contribution in [0.2, 0.25) is 4.34 Å². The number of rotatable bonds is 6. The molecule has 0 saturated carbocycles. The Morgan fingerprint density at radius 2 is 2.17 bits per heavy atom. The fourth-order valence-electron chi connectivity index (χ4n) is 1.92. The van der Waals surface area contributed by atoms with Gasteiger partial charge in [-0.15, -0.1) is 22.7 Å². The molecule has 0 radical (unpaired) electrons. The highest BCUT2D eigenvalue weighted by Gasteiger charge is 2.23. The number of nitrogens with zero attached hydrogens (tertiary/aromatic N) is 1. The number of anilines is 1.